The summed E-state index contributed by atoms with van der Waals surface area (Å²) in [5.74, 6) is 1.38. The molecular weight excluding hydrogens is 342 g/mol. The summed E-state index contributed by atoms with van der Waals surface area (Å²) in [4.78, 5) is 9.07. The zero-order chi connectivity index (χ0) is 14.5. The fourth-order valence-corrected chi connectivity index (χ4v) is 2.39. The maximum Gasteiger partial charge on any atom is 0.161 e. The molecule has 0 amide bonds. The maximum atomic E-state index is 6.02. The van der Waals surface area contributed by atoms with Crippen molar-refractivity contribution in [2.24, 2.45) is 0 Å². The van der Waals surface area contributed by atoms with Crippen molar-refractivity contribution >= 4 is 33.3 Å². The first-order valence-electron chi connectivity index (χ1n) is 6.20. The van der Waals surface area contributed by atoms with E-state index in [-0.39, 0.29) is 0 Å². The number of hydrogen-bond donors (Lipinski definition) is 1. The van der Waals surface area contributed by atoms with Crippen LogP contribution in [0, 0.1) is 0 Å². The van der Waals surface area contributed by atoms with Crippen LogP contribution in [0.15, 0.2) is 28.7 Å². The first-order valence-corrected chi connectivity index (χ1v) is 7.38. The van der Waals surface area contributed by atoms with Gasteiger partial charge >= 0.3 is 0 Å². The van der Waals surface area contributed by atoms with E-state index in [2.05, 4.69) is 31.2 Å². The predicted molar refractivity (Wildman–Crippen MR) is 85.1 cm³/mol. The van der Waals surface area contributed by atoms with Gasteiger partial charge in [0.25, 0.3) is 0 Å². The van der Waals surface area contributed by atoms with Crippen molar-refractivity contribution in [3.63, 3.8) is 0 Å². The number of methoxy groups -OCH3 is 1. The summed E-state index contributed by atoms with van der Waals surface area (Å²) in [5, 5.41) is 3.87. The minimum Gasteiger partial charge on any atom is -0.378 e. The molecule has 1 heterocycles. The molecule has 2 aromatic rings. The third-order valence-electron chi connectivity index (χ3n) is 2.63. The fraction of sp³-hybridized carbons (Fsp3) is 0.286. The molecule has 0 spiro atoms. The van der Waals surface area contributed by atoms with Crippen LogP contribution in [0.4, 0.5) is 5.82 Å². The average molecular weight is 357 g/mol. The summed E-state index contributed by atoms with van der Waals surface area (Å²) >= 11 is 9.53. The number of halogens is 2. The van der Waals surface area contributed by atoms with Gasteiger partial charge in [-0.3, -0.25) is 0 Å². The van der Waals surface area contributed by atoms with E-state index in [1.54, 1.807) is 7.11 Å². The predicted octanol–water partition coefficient (Wildman–Crippen LogP) is 4.14. The van der Waals surface area contributed by atoms with Crippen LogP contribution in [-0.2, 0) is 11.3 Å². The highest BCUT2D eigenvalue weighted by molar-refractivity contribution is 9.10. The second kappa shape index (κ2) is 7.02. The van der Waals surface area contributed by atoms with Gasteiger partial charge in [0.2, 0.25) is 0 Å². The van der Waals surface area contributed by atoms with E-state index >= 15 is 0 Å². The third-order valence-corrected chi connectivity index (χ3v) is 3.70. The van der Waals surface area contributed by atoms with Gasteiger partial charge in [-0.2, -0.15) is 0 Å². The van der Waals surface area contributed by atoms with Gasteiger partial charge in [0.15, 0.2) is 5.82 Å². The Kier molecular flexibility index (Phi) is 5.34. The van der Waals surface area contributed by atoms with E-state index in [4.69, 9.17) is 16.3 Å². The van der Waals surface area contributed by atoms with Crippen molar-refractivity contribution in [1.29, 1.82) is 0 Å². The Morgan fingerprint density at radius 3 is 2.80 bits per heavy atom. The van der Waals surface area contributed by atoms with Crippen molar-refractivity contribution in [3.8, 4) is 11.4 Å². The summed E-state index contributed by atoms with van der Waals surface area (Å²) in [6.45, 7) is 3.20. The normalized spacial score (nSPS) is 10.6. The van der Waals surface area contributed by atoms with Gasteiger partial charge < -0.3 is 10.1 Å². The molecule has 0 aliphatic rings. The first kappa shape index (κ1) is 15.2. The third kappa shape index (κ3) is 3.48. The molecule has 0 saturated carbocycles. The zero-order valence-electron chi connectivity index (χ0n) is 11.3. The summed E-state index contributed by atoms with van der Waals surface area (Å²) in [7, 11) is 1.64. The zero-order valence-corrected chi connectivity index (χ0v) is 13.6. The number of benzene rings is 1. The monoisotopic (exact) mass is 355 g/mol. The lowest BCUT2D eigenvalue weighted by molar-refractivity contribution is 0.181. The van der Waals surface area contributed by atoms with Gasteiger partial charge in [-0.25, -0.2) is 9.97 Å². The molecule has 1 N–H and O–H groups in total. The van der Waals surface area contributed by atoms with E-state index in [0.29, 0.717) is 17.5 Å². The van der Waals surface area contributed by atoms with Crippen LogP contribution in [0.5, 0.6) is 0 Å². The van der Waals surface area contributed by atoms with Crippen molar-refractivity contribution in [2.45, 2.75) is 13.5 Å². The number of ether oxygens (including phenoxy) is 1. The molecule has 0 aliphatic heterocycles. The van der Waals surface area contributed by atoms with Crippen LogP contribution in [0.3, 0.4) is 0 Å². The molecule has 0 fully saturated rings. The molecule has 0 bridgehead atoms. The SMILES string of the molecule is CCNc1nc(-c2cccc(Cl)c2)nc(COC)c1Br. The molecule has 1 aromatic heterocycles. The molecule has 20 heavy (non-hydrogen) atoms. The molecule has 0 unspecified atom stereocenters. The highest BCUT2D eigenvalue weighted by Gasteiger charge is 2.13. The van der Waals surface area contributed by atoms with Crippen molar-refractivity contribution in [2.75, 3.05) is 19.0 Å². The molecule has 6 heteroatoms. The summed E-state index contributed by atoms with van der Waals surface area (Å²) in [6.07, 6.45) is 0. The Bertz CT molecular complexity index is 580. The van der Waals surface area contributed by atoms with Gasteiger partial charge in [-0.05, 0) is 35.0 Å². The Hall–Kier alpha value is -1.17. The summed E-state index contributed by atoms with van der Waals surface area (Å²) < 4.78 is 6.01. The average Bonchev–Trinajstić information content (AvgIpc) is 2.43. The number of nitrogens with one attached hydrogen (secondary N) is 1. The van der Waals surface area contributed by atoms with Gasteiger partial charge in [0.1, 0.15) is 5.82 Å². The van der Waals surface area contributed by atoms with E-state index in [1.165, 1.54) is 0 Å². The van der Waals surface area contributed by atoms with Gasteiger partial charge in [0.05, 0.1) is 16.8 Å². The van der Waals surface area contributed by atoms with Crippen LogP contribution in [0.25, 0.3) is 11.4 Å². The largest absolute Gasteiger partial charge is 0.378 e. The topological polar surface area (TPSA) is 47.0 Å². The quantitative estimate of drug-likeness (QED) is 0.874. The van der Waals surface area contributed by atoms with E-state index in [9.17, 15) is 0 Å². The molecule has 106 valence electrons. The number of nitrogens with zero attached hydrogens (tertiary/aromatic N) is 2. The van der Waals surface area contributed by atoms with E-state index < -0.39 is 0 Å². The molecule has 0 radical (unpaired) electrons. The second-order valence-electron chi connectivity index (χ2n) is 4.13. The van der Waals surface area contributed by atoms with Gasteiger partial charge in [0, 0.05) is 24.2 Å². The Morgan fingerprint density at radius 2 is 2.15 bits per heavy atom. The van der Waals surface area contributed by atoms with Crippen molar-refractivity contribution in [1.82, 2.24) is 9.97 Å². The molecular formula is C14H15BrClN3O. The first-order chi connectivity index (χ1) is 9.65. The molecule has 2 rings (SSSR count). The van der Waals surface area contributed by atoms with Crippen LogP contribution in [0.2, 0.25) is 5.02 Å². The number of rotatable bonds is 5. The van der Waals surface area contributed by atoms with E-state index in [0.717, 1.165) is 28.1 Å². The summed E-state index contributed by atoms with van der Waals surface area (Å²) in [5.41, 5.74) is 1.68. The van der Waals surface area contributed by atoms with Gasteiger partial charge in [-0.15, -0.1) is 0 Å². The smallest absolute Gasteiger partial charge is 0.161 e. The summed E-state index contributed by atoms with van der Waals surface area (Å²) in [6, 6.07) is 7.48. The van der Waals surface area contributed by atoms with Crippen LogP contribution >= 0.6 is 27.5 Å². The fourth-order valence-electron chi connectivity index (χ4n) is 1.77. The number of anilines is 1. The Morgan fingerprint density at radius 1 is 1.35 bits per heavy atom. The number of hydrogen-bond acceptors (Lipinski definition) is 4. The molecule has 1 aromatic carbocycles. The Labute approximate surface area is 131 Å². The lowest BCUT2D eigenvalue weighted by Crippen LogP contribution is -2.06. The van der Waals surface area contributed by atoms with Crippen LogP contribution in [-0.4, -0.2) is 23.6 Å². The van der Waals surface area contributed by atoms with Crippen LogP contribution < -0.4 is 5.32 Å². The number of aromatic nitrogens is 2. The lowest BCUT2D eigenvalue weighted by Gasteiger charge is -2.12. The second-order valence-corrected chi connectivity index (χ2v) is 5.36. The molecule has 0 saturated heterocycles. The molecule has 0 atom stereocenters. The van der Waals surface area contributed by atoms with Crippen LogP contribution in [0.1, 0.15) is 12.6 Å². The maximum absolute atomic E-state index is 6.02. The lowest BCUT2D eigenvalue weighted by atomic mass is 10.2. The highest BCUT2D eigenvalue weighted by atomic mass is 79.9. The van der Waals surface area contributed by atoms with Gasteiger partial charge in [-0.1, -0.05) is 23.7 Å². The standard InChI is InChI=1S/C14H15BrClN3O/c1-3-17-14-12(15)11(8-20-2)18-13(19-14)9-5-4-6-10(16)7-9/h4-7H,3,8H2,1-2H3,(H,17,18,19). The minimum atomic E-state index is 0.412. The van der Waals surface area contributed by atoms with Crippen molar-refractivity contribution in [3.05, 3.63) is 39.5 Å². The molecule has 0 aliphatic carbocycles. The molecule has 4 nitrogen and oxygen atoms in total. The highest BCUT2D eigenvalue weighted by Crippen LogP contribution is 2.28. The van der Waals surface area contributed by atoms with Crippen molar-refractivity contribution < 1.29 is 4.74 Å². The Balaban J connectivity index is 2.52. The van der Waals surface area contributed by atoms with E-state index in [1.807, 2.05) is 31.2 Å². The minimum absolute atomic E-state index is 0.412.